The molecule has 0 heterocycles. The number of hydrogen-bond donors (Lipinski definition) is 0. The molecule has 18 heavy (non-hydrogen) atoms. The highest BCUT2D eigenvalue weighted by Crippen LogP contribution is 2.62. The molecule has 0 radical (unpaired) electrons. The van der Waals surface area contributed by atoms with Crippen LogP contribution in [0.1, 0.15) is 83.5 Å². The maximum Gasteiger partial charge on any atom is -0.0261 e. The summed E-state index contributed by atoms with van der Waals surface area (Å²) >= 11 is 0. The van der Waals surface area contributed by atoms with Gasteiger partial charge < -0.3 is 0 Å². The monoisotopic (exact) mass is 246 g/mol. The minimum Gasteiger partial charge on any atom is -0.0530 e. The van der Waals surface area contributed by atoms with Crippen molar-refractivity contribution in [1.82, 2.24) is 0 Å². The lowest BCUT2D eigenvalue weighted by Gasteiger charge is -2.52. The van der Waals surface area contributed by atoms with Gasteiger partial charge in [-0.3, -0.25) is 0 Å². The molecule has 4 saturated carbocycles. The molecular formula is C18H30. The van der Waals surface area contributed by atoms with E-state index in [1.165, 1.54) is 5.92 Å². The van der Waals surface area contributed by atoms with Crippen LogP contribution in [0.2, 0.25) is 0 Å². The molecule has 0 aliphatic heterocycles. The van der Waals surface area contributed by atoms with E-state index in [2.05, 4.69) is 0 Å². The maximum absolute atomic E-state index is 1.64. The van der Waals surface area contributed by atoms with Crippen molar-refractivity contribution in [2.45, 2.75) is 83.5 Å². The Morgan fingerprint density at radius 3 is 1.83 bits per heavy atom. The zero-order valence-corrected chi connectivity index (χ0v) is 12.0. The third-order valence-electron chi connectivity index (χ3n) is 7.30. The Bertz CT molecular complexity index is 281. The van der Waals surface area contributed by atoms with Gasteiger partial charge >= 0.3 is 0 Å². The third-order valence-corrected chi connectivity index (χ3v) is 7.30. The molecule has 2 atom stereocenters. The highest BCUT2D eigenvalue weighted by Gasteiger charge is 2.52. The van der Waals surface area contributed by atoms with Crippen LogP contribution in [0.25, 0.3) is 0 Å². The van der Waals surface area contributed by atoms with Gasteiger partial charge in [-0.1, -0.05) is 51.4 Å². The number of rotatable bonds is 1. The van der Waals surface area contributed by atoms with Crippen LogP contribution in [0.3, 0.4) is 0 Å². The van der Waals surface area contributed by atoms with Crippen LogP contribution in [0.15, 0.2) is 0 Å². The lowest BCUT2D eigenvalue weighted by atomic mass is 9.53. The Kier molecular flexibility index (Phi) is 2.97. The zero-order valence-electron chi connectivity index (χ0n) is 12.0. The van der Waals surface area contributed by atoms with Crippen molar-refractivity contribution in [2.24, 2.45) is 29.1 Å². The van der Waals surface area contributed by atoms with Crippen LogP contribution >= 0.6 is 0 Å². The summed E-state index contributed by atoms with van der Waals surface area (Å²) in [6.45, 7) is 0. The van der Waals surface area contributed by atoms with Crippen molar-refractivity contribution < 1.29 is 0 Å². The fourth-order valence-corrected chi connectivity index (χ4v) is 6.84. The number of hydrogen-bond acceptors (Lipinski definition) is 0. The molecule has 0 nitrogen and oxygen atoms in total. The van der Waals surface area contributed by atoms with Gasteiger partial charge in [0.2, 0.25) is 0 Å². The highest BCUT2D eigenvalue weighted by molar-refractivity contribution is 5.02. The Morgan fingerprint density at radius 1 is 0.611 bits per heavy atom. The van der Waals surface area contributed by atoms with Crippen molar-refractivity contribution in [3.05, 3.63) is 0 Å². The second-order valence-corrected chi connectivity index (χ2v) is 8.12. The van der Waals surface area contributed by atoms with Crippen LogP contribution in [-0.4, -0.2) is 0 Å². The molecule has 4 rings (SSSR count). The standard InChI is InChI=1S/C18H30/c1-2-8-16-10-9-15(7-1)17(16)18-11-3-5-14(13-18)6-4-12-18/h14-17H,1-13H2. The van der Waals surface area contributed by atoms with E-state index in [0.29, 0.717) is 0 Å². The lowest BCUT2D eigenvalue weighted by Crippen LogP contribution is -2.42. The van der Waals surface area contributed by atoms with E-state index in [4.69, 9.17) is 0 Å². The van der Waals surface area contributed by atoms with E-state index in [0.717, 1.165) is 23.2 Å². The largest absolute Gasteiger partial charge is 0.0530 e. The van der Waals surface area contributed by atoms with Crippen LogP contribution in [0.4, 0.5) is 0 Å². The minimum absolute atomic E-state index is 0.845. The summed E-state index contributed by atoms with van der Waals surface area (Å²) in [6, 6.07) is 0. The van der Waals surface area contributed by atoms with Crippen molar-refractivity contribution >= 4 is 0 Å². The topological polar surface area (TPSA) is 0 Å². The van der Waals surface area contributed by atoms with Gasteiger partial charge in [0.15, 0.2) is 0 Å². The van der Waals surface area contributed by atoms with E-state index in [1.807, 2.05) is 0 Å². The average Bonchev–Trinajstić information content (AvgIpc) is 2.63. The van der Waals surface area contributed by atoms with Gasteiger partial charge in [0, 0.05) is 0 Å². The maximum atomic E-state index is 1.64. The molecule has 4 bridgehead atoms. The van der Waals surface area contributed by atoms with Crippen molar-refractivity contribution in [3.63, 3.8) is 0 Å². The lowest BCUT2D eigenvalue weighted by molar-refractivity contribution is -0.0185. The van der Waals surface area contributed by atoms with Crippen LogP contribution in [-0.2, 0) is 0 Å². The summed E-state index contributed by atoms with van der Waals surface area (Å²) in [4.78, 5) is 0. The van der Waals surface area contributed by atoms with Crippen LogP contribution < -0.4 is 0 Å². The summed E-state index contributed by atoms with van der Waals surface area (Å²) in [6.07, 6.45) is 20.6. The molecule has 102 valence electrons. The molecule has 0 spiro atoms. The molecule has 0 aromatic heterocycles. The summed E-state index contributed by atoms with van der Waals surface area (Å²) in [5.41, 5.74) is 0.845. The first-order chi connectivity index (χ1) is 8.87. The molecular weight excluding hydrogens is 216 g/mol. The molecule has 4 aliphatic carbocycles. The summed E-state index contributed by atoms with van der Waals surface area (Å²) in [7, 11) is 0. The molecule has 0 N–H and O–H groups in total. The minimum atomic E-state index is 0.845. The van der Waals surface area contributed by atoms with Gasteiger partial charge in [-0.25, -0.2) is 0 Å². The van der Waals surface area contributed by atoms with E-state index in [9.17, 15) is 0 Å². The molecule has 0 amide bonds. The Hall–Kier alpha value is 0. The Morgan fingerprint density at radius 2 is 1.22 bits per heavy atom. The van der Waals surface area contributed by atoms with E-state index in [-0.39, 0.29) is 0 Å². The molecule has 4 fully saturated rings. The smallest absolute Gasteiger partial charge is 0.0261 e. The van der Waals surface area contributed by atoms with E-state index < -0.39 is 0 Å². The summed E-state index contributed by atoms with van der Waals surface area (Å²) < 4.78 is 0. The van der Waals surface area contributed by atoms with Gasteiger partial charge in [0.1, 0.15) is 0 Å². The summed E-state index contributed by atoms with van der Waals surface area (Å²) in [5, 5.41) is 0. The molecule has 0 aromatic rings. The van der Waals surface area contributed by atoms with Crippen molar-refractivity contribution in [1.29, 1.82) is 0 Å². The van der Waals surface area contributed by atoms with Gasteiger partial charge in [-0.05, 0) is 61.2 Å². The van der Waals surface area contributed by atoms with Gasteiger partial charge in [0.05, 0.1) is 0 Å². The molecule has 4 aliphatic rings. The predicted molar refractivity (Wildman–Crippen MR) is 76.4 cm³/mol. The predicted octanol–water partition coefficient (Wildman–Crippen LogP) is 5.56. The second-order valence-electron chi connectivity index (χ2n) is 8.12. The Balaban J connectivity index is 1.64. The van der Waals surface area contributed by atoms with Gasteiger partial charge in [-0.15, -0.1) is 0 Å². The van der Waals surface area contributed by atoms with E-state index in [1.54, 1.807) is 83.5 Å². The SMILES string of the molecule is C1CCC2CCC(C1)C2C12CCCC(CCC1)C2. The van der Waals surface area contributed by atoms with E-state index >= 15 is 0 Å². The molecule has 0 aromatic carbocycles. The average molecular weight is 246 g/mol. The van der Waals surface area contributed by atoms with Gasteiger partial charge in [0.25, 0.3) is 0 Å². The Labute approximate surface area is 113 Å². The zero-order chi connectivity index (χ0) is 12.0. The fraction of sp³-hybridized carbons (Fsp3) is 1.00. The molecule has 0 saturated heterocycles. The first-order valence-corrected chi connectivity index (χ1v) is 8.87. The fourth-order valence-electron chi connectivity index (χ4n) is 6.84. The molecule has 0 heteroatoms. The van der Waals surface area contributed by atoms with Crippen molar-refractivity contribution in [3.8, 4) is 0 Å². The third kappa shape index (κ3) is 1.78. The quantitative estimate of drug-likeness (QED) is 0.568. The van der Waals surface area contributed by atoms with Crippen molar-refractivity contribution in [2.75, 3.05) is 0 Å². The van der Waals surface area contributed by atoms with Crippen LogP contribution in [0, 0.1) is 29.1 Å². The first-order valence-electron chi connectivity index (χ1n) is 8.87. The first kappa shape index (κ1) is 11.8. The van der Waals surface area contributed by atoms with Crippen LogP contribution in [0.5, 0.6) is 0 Å². The van der Waals surface area contributed by atoms with Gasteiger partial charge in [-0.2, -0.15) is 0 Å². The molecule has 2 unspecified atom stereocenters. The number of fused-ring (bicyclic) bond motifs is 5. The summed E-state index contributed by atoms with van der Waals surface area (Å²) in [5.74, 6) is 4.60. The normalized spacial score (nSPS) is 52.0. The second kappa shape index (κ2) is 4.53. The highest BCUT2D eigenvalue weighted by atomic mass is 14.6.